The zero-order valence-electron chi connectivity index (χ0n) is 6.89. The Bertz CT molecular complexity index is 171. The highest BCUT2D eigenvalue weighted by atomic mass is 32.1. The summed E-state index contributed by atoms with van der Waals surface area (Å²) in [5.41, 5.74) is 0. The Morgan fingerprint density at radius 1 is 1.45 bits per heavy atom. The minimum absolute atomic E-state index is 0.476. The maximum atomic E-state index is 5.15. The summed E-state index contributed by atoms with van der Waals surface area (Å²) in [6.45, 7) is 4.38. The fraction of sp³-hybridized carbons (Fsp3) is 0.750. The van der Waals surface area contributed by atoms with E-state index in [2.05, 4.69) is 19.2 Å². The van der Waals surface area contributed by atoms with Crippen LogP contribution in [-0.2, 0) is 0 Å². The van der Waals surface area contributed by atoms with Crippen molar-refractivity contribution in [2.45, 2.75) is 32.7 Å². The van der Waals surface area contributed by atoms with E-state index < -0.39 is 0 Å². The molecule has 1 heterocycles. The summed E-state index contributed by atoms with van der Waals surface area (Å²) in [4.78, 5) is 2.02. The highest BCUT2D eigenvalue weighted by Gasteiger charge is 2.21. The van der Waals surface area contributed by atoms with Gasteiger partial charge in [0.05, 0.1) is 4.99 Å². The Labute approximate surface area is 78.6 Å². The zero-order chi connectivity index (χ0) is 8.43. The molecular formula is C8H13NS2. The molecule has 0 saturated carbocycles. The molecule has 0 aromatic rings. The second kappa shape index (κ2) is 3.59. The summed E-state index contributed by atoms with van der Waals surface area (Å²) in [5.74, 6) is 0.617. The number of thiocarbonyl (C=S) groups is 2. The van der Waals surface area contributed by atoms with Gasteiger partial charge >= 0.3 is 0 Å². The Kier molecular flexibility index (Phi) is 2.96. The Morgan fingerprint density at radius 3 is 2.55 bits per heavy atom. The minimum atomic E-state index is 0.476. The van der Waals surface area contributed by atoms with Crippen LogP contribution in [0.25, 0.3) is 0 Å². The Morgan fingerprint density at radius 2 is 2.09 bits per heavy atom. The first-order chi connectivity index (χ1) is 5.09. The van der Waals surface area contributed by atoms with Gasteiger partial charge in [-0.1, -0.05) is 38.3 Å². The van der Waals surface area contributed by atoms with Crippen molar-refractivity contribution in [3.8, 4) is 0 Å². The molecule has 1 aliphatic heterocycles. The molecule has 0 radical (unpaired) electrons. The predicted molar refractivity (Wildman–Crippen MR) is 56.2 cm³/mol. The highest BCUT2D eigenvalue weighted by Crippen LogP contribution is 2.14. The van der Waals surface area contributed by atoms with Gasteiger partial charge in [-0.25, -0.2) is 0 Å². The van der Waals surface area contributed by atoms with E-state index in [1.54, 1.807) is 0 Å². The molecule has 0 aromatic heterocycles. The summed E-state index contributed by atoms with van der Waals surface area (Å²) in [7, 11) is 0. The molecule has 3 heteroatoms. The Balaban J connectivity index is 2.56. The second-order valence-corrected chi connectivity index (χ2v) is 4.41. The van der Waals surface area contributed by atoms with Crippen LogP contribution in [0.5, 0.6) is 0 Å². The number of rotatable bonds is 1. The van der Waals surface area contributed by atoms with E-state index in [9.17, 15) is 0 Å². The first-order valence-electron chi connectivity index (χ1n) is 3.90. The maximum Gasteiger partial charge on any atom is 0.0805 e. The van der Waals surface area contributed by atoms with Crippen LogP contribution in [0.1, 0.15) is 26.7 Å². The van der Waals surface area contributed by atoms with Gasteiger partial charge in [-0.3, -0.25) is 0 Å². The molecule has 0 spiro atoms. The smallest absolute Gasteiger partial charge is 0.0805 e. The van der Waals surface area contributed by atoms with Gasteiger partial charge in [0.1, 0.15) is 0 Å². The van der Waals surface area contributed by atoms with Crippen molar-refractivity contribution in [3.05, 3.63) is 0 Å². The largest absolute Gasteiger partial charge is 0.376 e. The van der Waals surface area contributed by atoms with E-state index in [1.165, 1.54) is 0 Å². The summed E-state index contributed by atoms with van der Waals surface area (Å²) >= 11 is 10.2. The third-order valence-electron chi connectivity index (χ3n) is 1.96. The van der Waals surface area contributed by atoms with Crippen LogP contribution in [0.15, 0.2) is 0 Å². The number of hydrogen-bond donors (Lipinski definition) is 1. The van der Waals surface area contributed by atoms with Crippen LogP contribution in [0.3, 0.4) is 0 Å². The lowest BCUT2D eigenvalue weighted by molar-refractivity contribution is 0.460. The van der Waals surface area contributed by atoms with Gasteiger partial charge < -0.3 is 5.32 Å². The lowest BCUT2D eigenvalue weighted by Gasteiger charge is -2.28. The van der Waals surface area contributed by atoms with Crippen LogP contribution in [-0.4, -0.2) is 15.9 Å². The van der Waals surface area contributed by atoms with Crippen molar-refractivity contribution < 1.29 is 0 Å². The van der Waals surface area contributed by atoms with Gasteiger partial charge in [0.25, 0.3) is 0 Å². The van der Waals surface area contributed by atoms with E-state index in [1.807, 2.05) is 0 Å². The maximum absolute atomic E-state index is 5.15. The molecule has 1 saturated heterocycles. The molecule has 62 valence electrons. The zero-order valence-corrected chi connectivity index (χ0v) is 8.52. The molecule has 0 aromatic carbocycles. The average Bonchev–Trinajstić information content (AvgIpc) is 1.85. The van der Waals surface area contributed by atoms with Gasteiger partial charge in [0.15, 0.2) is 0 Å². The van der Waals surface area contributed by atoms with Crippen molar-refractivity contribution >= 4 is 34.3 Å². The van der Waals surface area contributed by atoms with E-state index in [0.29, 0.717) is 12.0 Å². The van der Waals surface area contributed by atoms with Crippen LogP contribution >= 0.6 is 24.4 Å². The van der Waals surface area contributed by atoms with Crippen molar-refractivity contribution in [1.29, 1.82) is 0 Å². The van der Waals surface area contributed by atoms with Crippen molar-refractivity contribution in [1.82, 2.24) is 5.32 Å². The monoisotopic (exact) mass is 187 g/mol. The standard InChI is InChI=1S/C8H13NS2/c1-5(2)7-3-6(10)4-8(11)9-7/h5,7H,3-4H2,1-2H3,(H,9,11)/t7-/m1/s1. The minimum Gasteiger partial charge on any atom is -0.376 e. The van der Waals surface area contributed by atoms with Crippen LogP contribution < -0.4 is 5.32 Å². The number of hydrogen-bond acceptors (Lipinski definition) is 2. The fourth-order valence-corrected chi connectivity index (χ4v) is 1.95. The number of nitrogens with one attached hydrogen (secondary N) is 1. The van der Waals surface area contributed by atoms with Crippen molar-refractivity contribution in [2.75, 3.05) is 0 Å². The van der Waals surface area contributed by atoms with Crippen LogP contribution in [0, 0.1) is 5.92 Å². The third kappa shape index (κ3) is 2.49. The topological polar surface area (TPSA) is 12.0 Å². The molecular weight excluding hydrogens is 174 g/mol. The lowest BCUT2D eigenvalue weighted by Crippen LogP contribution is -2.44. The highest BCUT2D eigenvalue weighted by molar-refractivity contribution is 7.82. The van der Waals surface area contributed by atoms with E-state index in [-0.39, 0.29) is 0 Å². The first-order valence-corrected chi connectivity index (χ1v) is 4.72. The van der Waals surface area contributed by atoms with Crippen LogP contribution in [0.4, 0.5) is 0 Å². The summed E-state index contributed by atoms with van der Waals surface area (Å²) < 4.78 is 0. The summed E-state index contributed by atoms with van der Waals surface area (Å²) in [5, 5.41) is 3.29. The molecule has 1 atom stereocenters. The van der Waals surface area contributed by atoms with Gasteiger partial charge in [-0.2, -0.15) is 0 Å². The molecule has 0 bridgehead atoms. The Hall–Kier alpha value is -0.0200. The molecule has 1 N–H and O–H groups in total. The number of piperidine rings is 1. The molecule has 1 nitrogen and oxygen atoms in total. The quantitative estimate of drug-likeness (QED) is 0.631. The van der Waals surface area contributed by atoms with Gasteiger partial charge in [0, 0.05) is 17.3 Å². The predicted octanol–water partition coefficient (Wildman–Crippen LogP) is 2.09. The normalized spacial score (nSPS) is 25.5. The molecule has 0 amide bonds. The van der Waals surface area contributed by atoms with E-state index in [0.717, 1.165) is 22.7 Å². The fourth-order valence-electron chi connectivity index (χ4n) is 1.21. The van der Waals surface area contributed by atoms with Gasteiger partial charge in [-0.05, 0) is 12.3 Å². The molecule has 11 heavy (non-hydrogen) atoms. The molecule has 1 rings (SSSR count). The summed E-state index contributed by atoms with van der Waals surface area (Å²) in [6.07, 6.45) is 1.82. The van der Waals surface area contributed by atoms with E-state index in [4.69, 9.17) is 24.4 Å². The van der Waals surface area contributed by atoms with Crippen LogP contribution in [0.2, 0.25) is 0 Å². The SMILES string of the molecule is CC(C)[C@H]1CC(=S)CC(=S)N1. The average molecular weight is 187 g/mol. The van der Waals surface area contributed by atoms with Gasteiger partial charge in [0.2, 0.25) is 0 Å². The van der Waals surface area contributed by atoms with Crippen molar-refractivity contribution in [3.63, 3.8) is 0 Å². The van der Waals surface area contributed by atoms with Gasteiger partial charge in [-0.15, -0.1) is 0 Å². The third-order valence-corrected chi connectivity index (χ3v) is 2.53. The van der Waals surface area contributed by atoms with E-state index >= 15 is 0 Å². The summed E-state index contributed by atoms with van der Waals surface area (Å²) in [6, 6.07) is 0.476. The molecule has 1 fully saturated rings. The second-order valence-electron chi connectivity index (χ2n) is 3.34. The lowest BCUT2D eigenvalue weighted by atomic mass is 9.95. The van der Waals surface area contributed by atoms with Crippen molar-refractivity contribution in [2.24, 2.45) is 5.92 Å². The first kappa shape index (κ1) is 9.07. The molecule has 0 aliphatic carbocycles. The molecule has 1 aliphatic rings. The molecule has 0 unspecified atom stereocenters.